The van der Waals surface area contributed by atoms with Gasteiger partial charge in [0.1, 0.15) is 6.61 Å². The molecule has 0 saturated carbocycles. The predicted molar refractivity (Wildman–Crippen MR) is 59.8 cm³/mol. The molecule has 16 heavy (non-hydrogen) atoms. The van der Waals surface area contributed by atoms with E-state index in [2.05, 4.69) is 0 Å². The zero-order valence-corrected chi connectivity index (χ0v) is 9.22. The van der Waals surface area contributed by atoms with Crippen LogP contribution in [0.15, 0.2) is 30.3 Å². The second-order valence-electron chi connectivity index (χ2n) is 4.09. The van der Waals surface area contributed by atoms with Crippen molar-refractivity contribution in [2.45, 2.75) is 19.4 Å². The van der Waals surface area contributed by atoms with Crippen LogP contribution in [0.3, 0.4) is 0 Å². The van der Waals surface area contributed by atoms with E-state index in [1.165, 1.54) is 0 Å². The highest BCUT2D eigenvalue weighted by molar-refractivity contribution is 5.69. The topological polar surface area (TPSA) is 35.5 Å². The van der Waals surface area contributed by atoms with E-state index >= 15 is 0 Å². The molecule has 86 valence electrons. The number of hydrogen-bond donors (Lipinski definition) is 0. The third-order valence-electron chi connectivity index (χ3n) is 2.71. The van der Waals surface area contributed by atoms with Gasteiger partial charge in [-0.1, -0.05) is 30.3 Å². The maximum atomic E-state index is 11.4. The lowest BCUT2D eigenvalue weighted by Crippen LogP contribution is -2.28. The number of ether oxygens (including phenoxy) is 2. The normalized spacial score (nSPS) is 15.5. The molecule has 0 aliphatic carbocycles. The molecule has 0 aromatic heterocycles. The van der Waals surface area contributed by atoms with Crippen LogP contribution >= 0.6 is 0 Å². The number of hydrogen-bond acceptors (Lipinski definition) is 3. The minimum absolute atomic E-state index is 0.115. The van der Waals surface area contributed by atoms with E-state index in [0.29, 0.717) is 18.9 Å². The van der Waals surface area contributed by atoms with Crippen LogP contribution in [0.1, 0.15) is 18.4 Å². The van der Waals surface area contributed by atoms with Crippen molar-refractivity contribution < 1.29 is 14.3 Å². The molecular formula is C13H16O3. The van der Waals surface area contributed by atoms with E-state index in [1.807, 2.05) is 30.3 Å². The zero-order chi connectivity index (χ0) is 11.2. The van der Waals surface area contributed by atoms with Gasteiger partial charge in [-0.25, -0.2) is 0 Å². The fourth-order valence-electron chi connectivity index (χ4n) is 1.58. The molecule has 2 rings (SSSR count). The molecule has 0 radical (unpaired) electrons. The minimum atomic E-state index is -0.115. The van der Waals surface area contributed by atoms with E-state index in [-0.39, 0.29) is 5.97 Å². The van der Waals surface area contributed by atoms with Crippen LogP contribution in [-0.2, 0) is 20.9 Å². The van der Waals surface area contributed by atoms with Gasteiger partial charge in [-0.2, -0.15) is 0 Å². The van der Waals surface area contributed by atoms with Crippen molar-refractivity contribution in [2.24, 2.45) is 5.92 Å². The van der Waals surface area contributed by atoms with E-state index in [9.17, 15) is 4.79 Å². The Morgan fingerprint density at radius 3 is 2.69 bits per heavy atom. The molecule has 0 bridgehead atoms. The largest absolute Gasteiger partial charge is 0.461 e. The van der Waals surface area contributed by atoms with Gasteiger partial charge in [0, 0.05) is 12.3 Å². The van der Waals surface area contributed by atoms with Crippen LogP contribution in [-0.4, -0.2) is 19.2 Å². The fraction of sp³-hybridized carbons (Fsp3) is 0.462. The molecule has 3 nitrogen and oxygen atoms in total. The third kappa shape index (κ3) is 3.35. The molecular weight excluding hydrogens is 204 g/mol. The molecule has 3 heteroatoms. The summed E-state index contributed by atoms with van der Waals surface area (Å²) in [6.45, 7) is 1.97. The summed E-state index contributed by atoms with van der Waals surface area (Å²) in [4.78, 5) is 11.4. The van der Waals surface area contributed by atoms with Gasteiger partial charge in [-0.15, -0.1) is 0 Å². The number of benzene rings is 1. The number of carbonyl (C=O) groups is 1. The summed E-state index contributed by atoms with van der Waals surface area (Å²) >= 11 is 0. The highest BCUT2D eigenvalue weighted by Crippen LogP contribution is 2.16. The summed E-state index contributed by atoms with van der Waals surface area (Å²) < 4.78 is 10.2. The average molecular weight is 220 g/mol. The second-order valence-corrected chi connectivity index (χ2v) is 4.09. The Kier molecular flexibility index (Phi) is 3.94. The van der Waals surface area contributed by atoms with Crippen molar-refractivity contribution in [3.8, 4) is 0 Å². The molecule has 1 aromatic carbocycles. The summed E-state index contributed by atoms with van der Waals surface area (Å²) in [6, 6.07) is 9.73. The maximum Gasteiger partial charge on any atom is 0.306 e. The summed E-state index contributed by atoms with van der Waals surface area (Å²) in [6.07, 6.45) is 1.38. The van der Waals surface area contributed by atoms with Crippen molar-refractivity contribution in [3.05, 3.63) is 35.9 Å². The Bertz CT molecular complexity index is 330. The molecule has 0 amide bonds. The van der Waals surface area contributed by atoms with Gasteiger partial charge in [-0.05, 0) is 12.0 Å². The van der Waals surface area contributed by atoms with Gasteiger partial charge in [0.05, 0.1) is 13.2 Å². The van der Waals surface area contributed by atoms with Gasteiger partial charge in [-0.3, -0.25) is 4.79 Å². The first-order valence-electron chi connectivity index (χ1n) is 5.62. The third-order valence-corrected chi connectivity index (χ3v) is 2.71. The van der Waals surface area contributed by atoms with E-state index in [0.717, 1.165) is 25.2 Å². The SMILES string of the molecule is O=C(CCC1COC1)OCc1ccccc1. The van der Waals surface area contributed by atoms with Gasteiger partial charge >= 0.3 is 5.97 Å². The molecule has 1 aliphatic rings. The lowest BCUT2D eigenvalue weighted by molar-refractivity contribution is -0.146. The van der Waals surface area contributed by atoms with Crippen LogP contribution in [0.2, 0.25) is 0 Å². The molecule has 1 saturated heterocycles. The van der Waals surface area contributed by atoms with Crippen molar-refractivity contribution in [1.29, 1.82) is 0 Å². The molecule has 0 N–H and O–H groups in total. The molecule has 1 heterocycles. The smallest absolute Gasteiger partial charge is 0.306 e. The van der Waals surface area contributed by atoms with Crippen LogP contribution in [0.25, 0.3) is 0 Å². The summed E-state index contributed by atoms with van der Waals surface area (Å²) in [5.74, 6) is 0.444. The van der Waals surface area contributed by atoms with Crippen LogP contribution in [0, 0.1) is 5.92 Å². The lowest BCUT2D eigenvalue weighted by Gasteiger charge is -2.25. The molecule has 0 atom stereocenters. The quantitative estimate of drug-likeness (QED) is 0.713. The second kappa shape index (κ2) is 5.66. The van der Waals surface area contributed by atoms with Crippen molar-refractivity contribution in [3.63, 3.8) is 0 Å². The van der Waals surface area contributed by atoms with Crippen molar-refractivity contribution in [2.75, 3.05) is 13.2 Å². The first-order chi connectivity index (χ1) is 7.84. The number of carbonyl (C=O) groups excluding carboxylic acids is 1. The molecule has 1 fully saturated rings. The molecule has 1 aliphatic heterocycles. The molecule has 0 unspecified atom stereocenters. The average Bonchev–Trinajstić information content (AvgIpc) is 2.26. The van der Waals surface area contributed by atoms with E-state index in [1.54, 1.807) is 0 Å². The summed E-state index contributed by atoms with van der Waals surface area (Å²) in [7, 11) is 0. The van der Waals surface area contributed by atoms with E-state index < -0.39 is 0 Å². The highest BCUT2D eigenvalue weighted by atomic mass is 16.5. The summed E-state index contributed by atoms with van der Waals surface area (Å²) in [5.41, 5.74) is 1.03. The van der Waals surface area contributed by atoms with Crippen molar-refractivity contribution in [1.82, 2.24) is 0 Å². The van der Waals surface area contributed by atoms with Gasteiger partial charge in [0.25, 0.3) is 0 Å². The highest BCUT2D eigenvalue weighted by Gasteiger charge is 2.19. The van der Waals surface area contributed by atoms with Gasteiger partial charge in [0.15, 0.2) is 0 Å². The Labute approximate surface area is 95.4 Å². The monoisotopic (exact) mass is 220 g/mol. The number of esters is 1. The fourth-order valence-corrected chi connectivity index (χ4v) is 1.58. The number of rotatable bonds is 5. The minimum Gasteiger partial charge on any atom is -0.461 e. The first-order valence-corrected chi connectivity index (χ1v) is 5.62. The molecule has 1 aromatic rings. The standard InChI is InChI=1S/C13H16O3/c14-13(7-6-12-8-15-9-12)16-10-11-4-2-1-3-5-11/h1-5,12H,6-10H2. The van der Waals surface area contributed by atoms with Crippen LogP contribution in [0.5, 0.6) is 0 Å². The van der Waals surface area contributed by atoms with E-state index in [4.69, 9.17) is 9.47 Å². The Hall–Kier alpha value is -1.35. The van der Waals surface area contributed by atoms with Crippen LogP contribution < -0.4 is 0 Å². The van der Waals surface area contributed by atoms with Crippen molar-refractivity contribution >= 4 is 5.97 Å². The predicted octanol–water partition coefficient (Wildman–Crippen LogP) is 2.16. The lowest BCUT2D eigenvalue weighted by atomic mass is 10.0. The Morgan fingerprint density at radius 2 is 2.06 bits per heavy atom. The zero-order valence-electron chi connectivity index (χ0n) is 9.22. The summed E-state index contributed by atoms with van der Waals surface area (Å²) in [5, 5.41) is 0. The van der Waals surface area contributed by atoms with Gasteiger partial charge < -0.3 is 9.47 Å². The maximum absolute atomic E-state index is 11.4. The molecule has 0 spiro atoms. The Balaban J connectivity index is 1.63. The van der Waals surface area contributed by atoms with Gasteiger partial charge in [0.2, 0.25) is 0 Å². The van der Waals surface area contributed by atoms with Crippen LogP contribution in [0.4, 0.5) is 0 Å². The Morgan fingerprint density at radius 1 is 1.31 bits per heavy atom. The first kappa shape index (κ1) is 11.1.